The Morgan fingerprint density at radius 2 is 1.81 bits per heavy atom. The lowest BCUT2D eigenvalue weighted by atomic mass is 10.0. The van der Waals surface area contributed by atoms with Crippen LogP contribution < -0.4 is 11.1 Å². The first kappa shape index (κ1) is 14.8. The number of carbonyl (C=O) groups is 1. The van der Waals surface area contributed by atoms with E-state index in [-0.39, 0.29) is 5.91 Å². The Hall–Kier alpha value is -2.57. The molecule has 0 fully saturated rings. The minimum Gasteiger partial charge on any atom is -0.322 e. The Morgan fingerprint density at radius 3 is 2.48 bits per heavy atom. The van der Waals surface area contributed by atoms with Crippen LogP contribution in [0.25, 0.3) is 0 Å². The van der Waals surface area contributed by atoms with Gasteiger partial charge in [0.25, 0.3) is 5.91 Å². The van der Waals surface area contributed by atoms with Crippen molar-refractivity contribution in [3.63, 3.8) is 0 Å². The van der Waals surface area contributed by atoms with E-state index in [0.717, 1.165) is 27.9 Å². The molecule has 2 aromatic rings. The number of aryl methyl sites for hydroxylation is 2. The number of amides is 1. The second-order valence-corrected chi connectivity index (χ2v) is 4.81. The molecular weight excluding hydrogens is 260 g/mol. The minimum absolute atomic E-state index is 0.102. The van der Waals surface area contributed by atoms with E-state index < -0.39 is 0 Å². The first-order valence-electron chi connectivity index (χ1n) is 6.78. The van der Waals surface area contributed by atoms with Crippen molar-refractivity contribution in [1.82, 2.24) is 0 Å². The third-order valence-corrected chi connectivity index (χ3v) is 3.16. The van der Waals surface area contributed by atoms with Crippen molar-refractivity contribution >= 4 is 11.6 Å². The molecule has 0 saturated carbocycles. The number of nitrogens with one attached hydrogen (secondary N) is 1. The summed E-state index contributed by atoms with van der Waals surface area (Å²) in [5.41, 5.74) is 9.57. The van der Waals surface area contributed by atoms with Crippen LogP contribution in [0.2, 0.25) is 0 Å². The number of hydrogen-bond acceptors (Lipinski definition) is 2. The van der Waals surface area contributed by atoms with Crippen LogP contribution in [0.5, 0.6) is 0 Å². The van der Waals surface area contributed by atoms with E-state index in [4.69, 9.17) is 5.73 Å². The standard InChI is InChI=1S/C18H18N2O/c1-13-6-3-7-14(2)17(13)18(21)20-16-10-4-8-15(12-16)9-5-11-19/h3-4,6-8,10,12H,11,19H2,1-2H3,(H,20,21). The molecule has 3 heteroatoms. The molecule has 2 aromatic carbocycles. The second-order valence-electron chi connectivity index (χ2n) is 4.81. The highest BCUT2D eigenvalue weighted by Crippen LogP contribution is 2.16. The summed E-state index contributed by atoms with van der Waals surface area (Å²) in [4.78, 5) is 12.4. The molecule has 0 spiro atoms. The van der Waals surface area contributed by atoms with Gasteiger partial charge in [-0.05, 0) is 43.2 Å². The molecule has 106 valence electrons. The molecule has 0 aromatic heterocycles. The average Bonchev–Trinajstić information content (AvgIpc) is 2.45. The fourth-order valence-electron chi connectivity index (χ4n) is 2.19. The second kappa shape index (κ2) is 6.74. The molecule has 21 heavy (non-hydrogen) atoms. The summed E-state index contributed by atoms with van der Waals surface area (Å²) >= 11 is 0. The number of nitrogens with two attached hydrogens (primary N) is 1. The third kappa shape index (κ3) is 3.71. The number of rotatable bonds is 2. The predicted octanol–water partition coefficient (Wildman–Crippen LogP) is 2.87. The largest absolute Gasteiger partial charge is 0.322 e. The van der Waals surface area contributed by atoms with Crippen molar-refractivity contribution in [2.45, 2.75) is 13.8 Å². The molecular formula is C18H18N2O. The van der Waals surface area contributed by atoms with E-state index in [2.05, 4.69) is 17.2 Å². The number of hydrogen-bond donors (Lipinski definition) is 2. The highest BCUT2D eigenvalue weighted by molar-refractivity contribution is 6.06. The van der Waals surface area contributed by atoms with E-state index >= 15 is 0 Å². The van der Waals surface area contributed by atoms with Crippen molar-refractivity contribution in [2.75, 3.05) is 11.9 Å². The molecule has 0 bridgehead atoms. The van der Waals surface area contributed by atoms with E-state index in [1.165, 1.54) is 0 Å². The topological polar surface area (TPSA) is 55.1 Å². The summed E-state index contributed by atoms with van der Waals surface area (Å²) in [6, 6.07) is 13.3. The maximum atomic E-state index is 12.4. The van der Waals surface area contributed by atoms with Gasteiger partial charge in [0, 0.05) is 16.8 Å². The predicted molar refractivity (Wildman–Crippen MR) is 86.2 cm³/mol. The Balaban J connectivity index is 2.24. The summed E-state index contributed by atoms with van der Waals surface area (Å²) in [6.07, 6.45) is 0. The van der Waals surface area contributed by atoms with Crippen LogP contribution in [-0.4, -0.2) is 12.5 Å². The fraction of sp³-hybridized carbons (Fsp3) is 0.167. The fourth-order valence-corrected chi connectivity index (χ4v) is 2.19. The molecule has 3 N–H and O–H groups in total. The van der Waals surface area contributed by atoms with Crippen molar-refractivity contribution in [1.29, 1.82) is 0 Å². The molecule has 3 nitrogen and oxygen atoms in total. The summed E-state index contributed by atoms with van der Waals surface area (Å²) in [6.45, 7) is 4.19. The summed E-state index contributed by atoms with van der Waals surface area (Å²) in [7, 11) is 0. The van der Waals surface area contributed by atoms with Crippen LogP contribution in [-0.2, 0) is 0 Å². The lowest BCUT2D eigenvalue weighted by Gasteiger charge is -2.10. The van der Waals surface area contributed by atoms with Crippen LogP contribution in [0.1, 0.15) is 27.0 Å². The van der Waals surface area contributed by atoms with Crippen LogP contribution in [0.15, 0.2) is 42.5 Å². The molecule has 0 radical (unpaired) electrons. The molecule has 1 amide bonds. The summed E-state index contributed by atoms with van der Waals surface area (Å²) in [5, 5.41) is 2.92. The normalized spacial score (nSPS) is 9.67. The van der Waals surface area contributed by atoms with Gasteiger partial charge in [-0.25, -0.2) is 0 Å². The Labute approximate surface area is 125 Å². The average molecular weight is 278 g/mol. The Morgan fingerprint density at radius 1 is 1.14 bits per heavy atom. The van der Waals surface area contributed by atoms with E-state index in [9.17, 15) is 4.79 Å². The molecule has 0 aliphatic heterocycles. The van der Waals surface area contributed by atoms with Crippen LogP contribution >= 0.6 is 0 Å². The highest BCUT2D eigenvalue weighted by atomic mass is 16.1. The zero-order valence-electron chi connectivity index (χ0n) is 12.2. The molecule has 2 rings (SSSR count). The lowest BCUT2D eigenvalue weighted by molar-refractivity contribution is 0.102. The van der Waals surface area contributed by atoms with Crippen molar-refractivity contribution in [2.24, 2.45) is 5.73 Å². The quantitative estimate of drug-likeness (QED) is 0.830. The highest BCUT2D eigenvalue weighted by Gasteiger charge is 2.11. The van der Waals surface area contributed by atoms with Gasteiger partial charge in [-0.3, -0.25) is 4.79 Å². The van der Waals surface area contributed by atoms with Gasteiger partial charge >= 0.3 is 0 Å². The molecule has 0 aliphatic rings. The van der Waals surface area contributed by atoms with Gasteiger partial charge in [-0.15, -0.1) is 0 Å². The monoisotopic (exact) mass is 278 g/mol. The maximum Gasteiger partial charge on any atom is 0.256 e. The van der Waals surface area contributed by atoms with Gasteiger partial charge in [-0.1, -0.05) is 36.1 Å². The van der Waals surface area contributed by atoms with Gasteiger partial charge in [0.2, 0.25) is 0 Å². The van der Waals surface area contributed by atoms with E-state index in [1.54, 1.807) is 0 Å². The zero-order valence-corrected chi connectivity index (χ0v) is 12.2. The lowest BCUT2D eigenvalue weighted by Crippen LogP contribution is -2.15. The zero-order chi connectivity index (χ0) is 15.2. The van der Waals surface area contributed by atoms with E-state index in [0.29, 0.717) is 6.54 Å². The molecule has 0 heterocycles. The maximum absolute atomic E-state index is 12.4. The number of carbonyl (C=O) groups excluding carboxylic acids is 1. The minimum atomic E-state index is -0.102. The van der Waals surface area contributed by atoms with E-state index in [1.807, 2.05) is 56.3 Å². The SMILES string of the molecule is Cc1cccc(C)c1C(=O)Nc1cccc(C#CCN)c1. The van der Waals surface area contributed by atoms with Crippen LogP contribution in [0.3, 0.4) is 0 Å². The summed E-state index contributed by atoms with van der Waals surface area (Å²) < 4.78 is 0. The van der Waals surface area contributed by atoms with Crippen LogP contribution in [0, 0.1) is 25.7 Å². The number of benzene rings is 2. The number of anilines is 1. The van der Waals surface area contributed by atoms with Gasteiger partial charge in [0.15, 0.2) is 0 Å². The molecule has 0 aliphatic carbocycles. The Bertz CT molecular complexity index is 703. The van der Waals surface area contributed by atoms with Crippen molar-refractivity contribution in [3.8, 4) is 11.8 Å². The Kier molecular flexibility index (Phi) is 4.76. The third-order valence-electron chi connectivity index (χ3n) is 3.16. The van der Waals surface area contributed by atoms with Crippen LogP contribution in [0.4, 0.5) is 5.69 Å². The summed E-state index contributed by atoms with van der Waals surface area (Å²) in [5.74, 6) is 5.65. The molecule has 0 saturated heterocycles. The molecule has 0 atom stereocenters. The molecule has 0 unspecified atom stereocenters. The van der Waals surface area contributed by atoms with Gasteiger partial charge in [-0.2, -0.15) is 0 Å². The van der Waals surface area contributed by atoms with Gasteiger partial charge < -0.3 is 11.1 Å². The van der Waals surface area contributed by atoms with Gasteiger partial charge in [0.1, 0.15) is 0 Å². The first-order chi connectivity index (χ1) is 10.1. The van der Waals surface area contributed by atoms with Crippen molar-refractivity contribution < 1.29 is 4.79 Å². The van der Waals surface area contributed by atoms with Crippen molar-refractivity contribution in [3.05, 3.63) is 64.7 Å². The van der Waals surface area contributed by atoms with Gasteiger partial charge in [0.05, 0.1) is 6.54 Å². The first-order valence-corrected chi connectivity index (χ1v) is 6.78. The smallest absolute Gasteiger partial charge is 0.256 e.